The normalized spacial score (nSPS) is 11.9. The number of para-hydroxylation sites is 1. The second-order valence-electron chi connectivity index (χ2n) is 5.55. The van der Waals surface area contributed by atoms with Gasteiger partial charge in [0.25, 0.3) is 11.6 Å². The lowest BCUT2D eigenvalue weighted by Crippen LogP contribution is -2.56. The number of carbonyl (C=O) groups is 1. The Hall–Kier alpha value is -2.33. The highest BCUT2D eigenvalue weighted by molar-refractivity contribution is 7.80. The summed E-state index contributed by atoms with van der Waals surface area (Å²) in [6.45, 7) is 0. The Morgan fingerprint density at radius 1 is 1.17 bits per heavy atom. The van der Waals surface area contributed by atoms with Gasteiger partial charge in [-0.25, -0.2) is 0 Å². The first-order chi connectivity index (χ1) is 13.6. The number of methoxy groups -OCH3 is 1. The average molecular weight is 478 g/mol. The molecule has 0 saturated heterocycles. The molecule has 0 fully saturated rings. The Morgan fingerprint density at radius 3 is 2.48 bits per heavy atom. The van der Waals surface area contributed by atoms with Crippen LogP contribution in [0.5, 0.6) is 5.75 Å². The standard InChI is InChI=1S/C17H15Cl3N4O4S/c1-28-13-8-3-2-7-12(13)14(25)22-15(17(18,19)20)23-16(29)21-10-5-4-6-11(9-10)24(26)27/h2-9,15H,1H3,(H,22,25)(H2,21,23,29)/t15-/m1/s1. The van der Waals surface area contributed by atoms with E-state index < -0.39 is 20.8 Å². The summed E-state index contributed by atoms with van der Waals surface area (Å²) in [6, 6.07) is 12.2. The molecular weight excluding hydrogens is 463 g/mol. The molecule has 0 aliphatic rings. The first-order valence-corrected chi connectivity index (χ1v) is 9.48. The van der Waals surface area contributed by atoms with Gasteiger partial charge in [0.05, 0.1) is 17.6 Å². The molecule has 154 valence electrons. The van der Waals surface area contributed by atoms with Crippen LogP contribution in [-0.4, -0.2) is 33.0 Å². The van der Waals surface area contributed by atoms with E-state index in [2.05, 4.69) is 16.0 Å². The number of hydrogen-bond donors (Lipinski definition) is 3. The summed E-state index contributed by atoms with van der Waals surface area (Å²) in [7, 11) is 1.43. The van der Waals surface area contributed by atoms with E-state index in [0.29, 0.717) is 11.4 Å². The smallest absolute Gasteiger partial charge is 0.271 e. The number of alkyl halides is 3. The Bertz CT molecular complexity index is 924. The Balaban J connectivity index is 2.13. The molecule has 0 heterocycles. The molecule has 0 aromatic heterocycles. The second kappa shape index (κ2) is 9.93. The molecule has 2 aromatic carbocycles. The number of amides is 1. The molecule has 12 heteroatoms. The zero-order valence-electron chi connectivity index (χ0n) is 14.8. The van der Waals surface area contributed by atoms with Gasteiger partial charge in [-0.1, -0.05) is 53.0 Å². The third kappa shape index (κ3) is 6.60. The lowest BCUT2D eigenvalue weighted by Gasteiger charge is -2.28. The van der Waals surface area contributed by atoms with Crippen LogP contribution in [0.1, 0.15) is 10.4 Å². The number of nitrogens with one attached hydrogen (secondary N) is 3. The number of halogens is 3. The van der Waals surface area contributed by atoms with Crippen LogP contribution in [0.4, 0.5) is 11.4 Å². The number of non-ortho nitro benzene ring substituents is 1. The number of thiocarbonyl (C=S) groups is 1. The molecule has 1 amide bonds. The SMILES string of the molecule is COc1ccccc1C(=O)N[C@H](NC(=S)Nc1cccc([N+](=O)[O-])c1)C(Cl)(Cl)Cl. The number of nitrogens with zero attached hydrogens (tertiary/aromatic N) is 1. The van der Waals surface area contributed by atoms with Crippen LogP contribution in [-0.2, 0) is 0 Å². The van der Waals surface area contributed by atoms with Gasteiger partial charge >= 0.3 is 0 Å². The molecule has 2 aromatic rings. The van der Waals surface area contributed by atoms with Gasteiger partial charge in [-0.05, 0) is 30.4 Å². The number of carbonyl (C=O) groups excluding carboxylic acids is 1. The predicted octanol–water partition coefficient (Wildman–Crippen LogP) is 4.02. The van der Waals surface area contributed by atoms with Crippen molar-refractivity contribution in [2.24, 2.45) is 0 Å². The Kier molecular flexibility index (Phi) is 7.86. The summed E-state index contributed by atoms with van der Waals surface area (Å²) in [5, 5.41) is 18.8. The highest BCUT2D eigenvalue weighted by atomic mass is 35.6. The van der Waals surface area contributed by atoms with Crippen LogP contribution in [0.15, 0.2) is 48.5 Å². The van der Waals surface area contributed by atoms with Crippen molar-refractivity contribution in [1.29, 1.82) is 0 Å². The minimum absolute atomic E-state index is 0.0258. The third-order valence-electron chi connectivity index (χ3n) is 3.54. The largest absolute Gasteiger partial charge is 0.496 e. The van der Waals surface area contributed by atoms with Gasteiger partial charge in [-0.3, -0.25) is 14.9 Å². The van der Waals surface area contributed by atoms with E-state index >= 15 is 0 Å². The molecule has 8 nitrogen and oxygen atoms in total. The maximum absolute atomic E-state index is 12.6. The van der Waals surface area contributed by atoms with Crippen molar-refractivity contribution in [2.45, 2.75) is 9.96 Å². The molecule has 0 radical (unpaired) electrons. The summed E-state index contributed by atoms with van der Waals surface area (Å²) in [5.41, 5.74) is 0.449. The maximum atomic E-state index is 12.6. The number of nitro groups is 1. The quantitative estimate of drug-likeness (QED) is 0.190. The van der Waals surface area contributed by atoms with Crippen LogP contribution < -0.4 is 20.7 Å². The van der Waals surface area contributed by atoms with Crippen molar-refractivity contribution >= 4 is 69.4 Å². The van der Waals surface area contributed by atoms with E-state index in [1.807, 2.05) is 0 Å². The van der Waals surface area contributed by atoms with Crippen LogP contribution >= 0.6 is 47.0 Å². The third-order valence-corrected chi connectivity index (χ3v) is 4.42. The molecule has 0 spiro atoms. The summed E-state index contributed by atoms with van der Waals surface area (Å²) >= 11 is 23.1. The fourth-order valence-electron chi connectivity index (χ4n) is 2.24. The number of rotatable bonds is 6. The van der Waals surface area contributed by atoms with Crippen LogP contribution in [0.25, 0.3) is 0 Å². The van der Waals surface area contributed by atoms with E-state index in [1.165, 1.54) is 25.3 Å². The van der Waals surface area contributed by atoms with Crippen molar-refractivity contribution in [3.63, 3.8) is 0 Å². The van der Waals surface area contributed by atoms with Gasteiger partial charge in [-0.2, -0.15) is 0 Å². The highest BCUT2D eigenvalue weighted by Crippen LogP contribution is 2.30. The molecule has 0 unspecified atom stereocenters. The predicted molar refractivity (Wildman–Crippen MR) is 117 cm³/mol. The number of hydrogen-bond acceptors (Lipinski definition) is 5. The fourth-order valence-corrected chi connectivity index (χ4v) is 2.80. The van der Waals surface area contributed by atoms with Gasteiger partial charge in [0.15, 0.2) is 5.11 Å². The van der Waals surface area contributed by atoms with E-state index in [1.54, 1.807) is 30.3 Å². The molecule has 1 atom stereocenters. The zero-order chi connectivity index (χ0) is 21.6. The number of benzene rings is 2. The Labute approximate surface area is 186 Å². The van der Waals surface area contributed by atoms with E-state index in [9.17, 15) is 14.9 Å². The first-order valence-electron chi connectivity index (χ1n) is 7.94. The van der Waals surface area contributed by atoms with E-state index in [4.69, 9.17) is 51.8 Å². The summed E-state index contributed by atoms with van der Waals surface area (Å²) in [6.07, 6.45) is -1.22. The topological polar surface area (TPSA) is 106 Å². The summed E-state index contributed by atoms with van der Waals surface area (Å²) in [4.78, 5) is 22.9. The van der Waals surface area contributed by atoms with E-state index in [-0.39, 0.29) is 16.4 Å². The van der Waals surface area contributed by atoms with Gasteiger partial charge in [0.2, 0.25) is 3.79 Å². The number of anilines is 1. The monoisotopic (exact) mass is 476 g/mol. The number of ether oxygens (including phenoxy) is 1. The minimum atomic E-state index is -1.97. The van der Waals surface area contributed by atoms with Crippen LogP contribution in [0.3, 0.4) is 0 Å². The van der Waals surface area contributed by atoms with Gasteiger partial charge < -0.3 is 20.7 Å². The molecule has 0 aliphatic heterocycles. The average Bonchev–Trinajstić information content (AvgIpc) is 2.66. The maximum Gasteiger partial charge on any atom is 0.271 e. The van der Waals surface area contributed by atoms with Crippen molar-refractivity contribution in [3.8, 4) is 5.75 Å². The molecule has 29 heavy (non-hydrogen) atoms. The summed E-state index contributed by atoms with van der Waals surface area (Å²) < 4.78 is 3.18. The van der Waals surface area contributed by atoms with Crippen LogP contribution in [0.2, 0.25) is 0 Å². The van der Waals surface area contributed by atoms with Gasteiger partial charge in [-0.15, -0.1) is 0 Å². The molecule has 2 rings (SSSR count). The molecule has 0 aliphatic carbocycles. The zero-order valence-corrected chi connectivity index (χ0v) is 17.9. The molecule has 3 N–H and O–H groups in total. The molecular formula is C17H15Cl3N4O4S. The highest BCUT2D eigenvalue weighted by Gasteiger charge is 2.35. The lowest BCUT2D eigenvalue weighted by molar-refractivity contribution is -0.384. The second-order valence-corrected chi connectivity index (χ2v) is 8.33. The minimum Gasteiger partial charge on any atom is -0.496 e. The van der Waals surface area contributed by atoms with Gasteiger partial charge in [0, 0.05) is 17.8 Å². The summed E-state index contributed by atoms with van der Waals surface area (Å²) in [5.74, 6) is -0.227. The van der Waals surface area contributed by atoms with Crippen molar-refractivity contribution in [3.05, 3.63) is 64.2 Å². The lowest BCUT2D eigenvalue weighted by atomic mass is 10.2. The molecule has 0 bridgehead atoms. The van der Waals surface area contributed by atoms with Gasteiger partial charge in [0.1, 0.15) is 11.9 Å². The number of nitro benzene ring substituents is 1. The van der Waals surface area contributed by atoms with Crippen molar-refractivity contribution in [1.82, 2.24) is 10.6 Å². The van der Waals surface area contributed by atoms with Crippen LogP contribution in [0, 0.1) is 10.1 Å². The Morgan fingerprint density at radius 2 is 1.86 bits per heavy atom. The van der Waals surface area contributed by atoms with Crippen molar-refractivity contribution in [2.75, 3.05) is 12.4 Å². The van der Waals surface area contributed by atoms with Crippen molar-refractivity contribution < 1.29 is 14.5 Å². The fraction of sp³-hybridized carbons (Fsp3) is 0.176. The van der Waals surface area contributed by atoms with E-state index in [0.717, 1.165) is 0 Å². The molecule has 0 saturated carbocycles. The first kappa shape index (κ1) is 23.0.